The zero-order valence-corrected chi connectivity index (χ0v) is 9.99. The van der Waals surface area contributed by atoms with Gasteiger partial charge in [-0.05, 0) is 25.0 Å². The molecule has 0 radical (unpaired) electrons. The second kappa shape index (κ2) is 5.15. The van der Waals surface area contributed by atoms with Crippen molar-refractivity contribution in [3.8, 4) is 0 Å². The van der Waals surface area contributed by atoms with Gasteiger partial charge in [0, 0.05) is 29.7 Å². The van der Waals surface area contributed by atoms with Crippen LogP contribution in [0.2, 0.25) is 0 Å². The minimum Gasteiger partial charge on any atom is -0.312 e. The first kappa shape index (κ1) is 11.9. The molecule has 0 aromatic heterocycles. The van der Waals surface area contributed by atoms with Crippen LogP contribution in [0.1, 0.15) is 12.5 Å². The summed E-state index contributed by atoms with van der Waals surface area (Å²) in [7, 11) is 0. The maximum absolute atomic E-state index is 13.5. The Hall–Kier alpha value is -0.610. The predicted octanol–water partition coefficient (Wildman–Crippen LogP) is 2.60. The van der Waals surface area contributed by atoms with E-state index >= 15 is 0 Å². The van der Waals surface area contributed by atoms with Crippen molar-refractivity contribution in [3.63, 3.8) is 0 Å². The monoisotopic (exact) mass is 243 g/mol. The fourth-order valence-corrected chi connectivity index (χ4v) is 3.13. The first-order chi connectivity index (χ1) is 7.66. The number of hydrogen-bond acceptors (Lipinski definition) is 2. The summed E-state index contributed by atoms with van der Waals surface area (Å²) in [6, 6.07) is 4.21. The molecule has 1 heterocycles. The van der Waals surface area contributed by atoms with Gasteiger partial charge in [0.15, 0.2) is 0 Å². The average Bonchev–Trinajstić information content (AvgIpc) is 2.25. The molecule has 1 aromatic carbocycles. The molecule has 88 valence electrons. The quantitative estimate of drug-likeness (QED) is 0.857. The molecule has 2 atom stereocenters. The number of nitrogens with one attached hydrogen (secondary N) is 1. The fourth-order valence-electron chi connectivity index (χ4n) is 1.91. The van der Waals surface area contributed by atoms with Gasteiger partial charge in [-0.25, -0.2) is 8.78 Å². The molecule has 0 saturated carbocycles. The number of thioether (sulfide) groups is 1. The highest BCUT2D eigenvalue weighted by Gasteiger charge is 2.22. The Bertz CT molecular complexity index is 370. The van der Waals surface area contributed by atoms with Crippen LogP contribution in [-0.4, -0.2) is 23.6 Å². The zero-order valence-electron chi connectivity index (χ0n) is 9.17. The Kier molecular flexibility index (Phi) is 3.82. The van der Waals surface area contributed by atoms with Crippen LogP contribution < -0.4 is 5.32 Å². The number of halogens is 2. The molecule has 1 aromatic rings. The Balaban J connectivity index is 2.07. The third-order valence-electron chi connectivity index (χ3n) is 2.89. The summed E-state index contributed by atoms with van der Waals surface area (Å²) < 4.78 is 26.2. The number of rotatable bonds is 2. The van der Waals surface area contributed by atoms with Gasteiger partial charge in [0.05, 0.1) is 0 Å². The van der Waals surface area contributed by atoms with Gasteiger partial charge in [0.2, 0.25) is 0 Å². The molecule has 4 heteroatoms. The van der Waals surface area contributed by atoms with Crippen LogP contribution in [0.25, 0.3) is 0 Å². The molecule has 1 aliphatic rings. The third-order valence-corrected chi connectivity index (χ3v) is 4.34. The lowest BCUT2D eigenvalue weighted by molar-refractivity contribution is 0.516. The van der Waals surface area contributed by atoms with E-state index in [1.165, 1.54) is 6.07 Å². The summed E-state index contributed by atoms with van der Waals surface area (Å²) in [6.07, 6.45) is 0.658. The minimum absolute atomic E-state index is 0.369. The normalized spacial score (nSPS) is 25.7. The molecule has 1 aliphatic heterocycles. The molecule has 16 heavy (non-hydrogen) atoms. The molecular formula is C12H15F2NS. The van der Waals surface area contributed by atoms with Crippen LogP contribution in [0.4, 0.5) is 8.78 Å². The highest BCUT2D eigenvalue weighted by atomic mass is 32.2. The highest BCUT2D eigenvalue weighted by Crippen LogP contribution is 2.24. The predicted molar refractivity (Wildman–Crippen MR) is 63.8 cm³/mol. The van der Waals surface area contributed by atoms with Gasteiger partial charge in [-0.3, -0.25) is 0 Å². The van der Waals surface area contributed by atoms with Crippen molar-refractivity contribution in [2.75, 3.05) is 12.3 Å². The largest absolute Gasteiger partial charge is 0.312 e. The van der Waals surface area contributed by atoms with E-state index in [-0.39, 0.29) is 0 Å². The third kappa shape index (κ3) is 2.74. The summed E-state index contributed by atoms with van der Waals surface area (Å²) >= 11 is 1.86. The van der Waals surface area contributed by atoms with E-state index in [2.05, 4.69) is 12.2 Å². The van der Waals surface area contributed by atoms with Crippen molar-refractivity contribution in [2.24, 2.45) is 0 Å². The van der Waals surface area contributed by atoms with Gasteiger partial charge in [0.1, 0.15) is 11.6 Å². The standard InChI is InChI=1S/C12H15F2NS/c1-8-12(16-5-4-15-8)6-9-2-3-10(13)7-11(9)14/h2-3,7-8,12,15H,4-6H2,1H3. The maximum atomic E-state index is 13.5. The van der Waals surface area contributed by atoms with E-state index in [9.17, 15) is 8.78 Å². The number of hydrogen-bond donors (Lipinski definition) is 1. The molecule has 0 bridgehead atoms. The summed E-state index contributed by atoms with van der Waals surface area (Å²) in [5.41, 5.74) is 0.606. The molecule has 0 spiro atoms. The van der Waals surface area contributed by atoms with Crippen LogP contribution in [0.3, 0.4) is 0 Å². The zero-order chi connectivity index (χ0) is 11.5. The van der Waals surface area contributed by atoms with Crippen molar-refractivity contribution >= 4 is 11.8 Å². The lowest BCUT2D eigenvalue weighted by Gasteiger charge is -2.29. The van der Waals surface area contributed by atoms with Gasteiger partial charge in [0.25, 0.3) is 0 Å². The summed E-state index contributed by atoms with van der Waals surface area (Å²) in [5.74, 6) is 0.111. The van der Waals surface area contributed by atoms with E-state index in [1.54, 1.807) is 6.07 Å². The van der Waals surface area contributed by atoms with Crippen molar-refractivity contribution in [2.45, 2.75) is 24.6 Å². The Morgan fingerprint density at radius 1 is 1.44 bits per heavy atom. The van der Waals surface area contributed by atoms with Crippen molar-refractivity contribution in [3.05, 3.63) is 35.4 Å². The van der Waals surface area contributed by atoms with E-state index < -0.39 is 11.6 Å². The van der Waals surface area contributed by atoms with Crippen LogP contribution in [0.15, 0.2) is 18.2 Å². The Morgan fingerprint density at radius 2 is 2.25 bits per heavy atom. The molecule has 1 fully saturated rings. The van der Waals surface area contributed by atoms with E-state index in [1.807, 2.05) is 11.8 Å². The van der Waals surface area contributed by atoms with Crippen LogP contribution >= 0.6 is 11.8 Å². The summed E-state index contributed by atoms with van der Waals surface area (Å²) in [4.78, 5) is 0. The lowest BCUT2D eigenvalue weighted by atomic mass is 10.0. The van der Waals surface area contributed by atoms with Gasteiger partial charge in [-0.1, -0.05) is 6.07 Å². The van der Waals surface area contributed by atoms with E-state index in [0.717, 1.165) is 18.4 Å². The minimum atomic E-state index is -0.510. The molecule has 0 aliphatic carbocycles. The number of benzene rings is 1. The Morgan fingerprint density at radius 3 is 2.94 bits per heavy atom. The van der Waals surface area contributed by atoms with Crippen molar-refractivity contribution in [1.29, 1.82) is 0 Å². The molecular weight excluding hydrogens is 228 g/mol. The van der Waals surface area contributed by atoms with E-state index in [0.29, 0.717) is 23.3 Å². The molecule has 0 amide bonds. The summed E-state index contributed by atoms with van der Waals surface area (Å²) in [6.45, 7) is 3.12. The van der Waals surface area contributed by atoms with Crippen LogP contribution in [0, 0.1) is 11.6 Å². The van der Waals surface area contributed by atoms with Crippen LogP contribution in [0.5, 0.6) is 0 Å². The van der Waals surface area contributed by atoms with Crippen molar-refractivity contribution in [1.82, 2.24) is 5.32 Å². The molecule has 1 N–H and O–H groups in total. The van der Waals surface area contributed by atoms with Gasteiger partial charge < -0.3 is 5.32 Å². The van der Waals surface area contributed by atoms with E-state index in [4.69, 9.17) is 0 Å². The second-order valence-corrected chi connectivity index (χ2v) is 5.44. The maximum Gasteiger partial charge on any atom is 0.129 e. The fraction of sp³-hybridized carbons (Fsp3) is 0.500. The molecule has 1 nitrogen and oxygen atoms in total. The van der Waals surface area contributed by atoms with Gasteiger partial charge >= 0.3 is 0 Å². The lowest BCUT2D eigenvalue weighted by Crippen LogP contribution is -2.42. The SMILES string of the molecule is CC1NCCSC1Cc1ccc(F)cc1F. The topological polar surface area (TPSA) is 12.0 Å². The second-order valence-electron chi connectivity index (χ2n) is 4.09. The van der Waals surface area contributed by atoms with Gasteiger partial charge in [-0.2, -0.15) is 11.8 Å². The van der Waals surface area contributed by atoms with Crippen molar-refractivity contribution < 1.29 is 8.78 Å². The highest BCUT2D eigenvalue weighted by molar-refractivity contribution is 8.00. The molecule has 1 saturated heterocycles. The first-order valence-electron chi connectivity index (χ1n) is 5.46. The average molecular weight is 243 g/mol. The van der Waals surface area contributed by atoms with Crippen LogP contribution in [-0.2, 0) is 6.42 Å². The van der Waals surface area contributed by atoms with Gasteiger partial charge in [-0.15, -0.1) is 0 Å². The summed E-state index contributed by atoms with van der Waals surface area (Å²) in [5, 5.41) is 3.73. The molecule has 2 rings (SSSR count). The Labute approximate surface area is 98.6 Å². The smallest absolute Gasteiger partial charge is 0.129 e. The molecule has 2 unspecified atom stereocenters. The first-order valence-corrected chi connectivity index (χ1v) is 6.50.